The average molecular weight is 354 g/mol. The number of anilines is 1. The van der Waals surface area contributed by atoms with E-state index < -0.39 is 0 Å². The summed E-state index contributed by atoms with van der Waals surface area (Å²) in [6.07, 6.45) is 8.68. The molecule has 1 saturated carbocycles. The first kappa shape index (κ1) is 18.3. The second-order valence-corrected chi connectivity index (χ2v) is 6.72. The highest BCUT2D eigenvalue weighted by Gasteiger charge is 2.22. The van der Waals surface area contributed by atoms with Gasteiger partial charge in [0.15, 0.2) is 0 Å². The first-order valence-electron chi connectivity index (χ1n) is 9.31. The van der Waals surface area contributed by atoms with Crippen molar-refractivity contribution in [2.75, 3.05) is 11.9 Å². The van der Waals surface area contributed by atoms with Crippen molar-refractivity contribution >= 4 is 11.7 Å². The van der Waals surface area contributed by atoms with Crippen molar-refractivity contribution in [2.24, 2.45) is 0 Å². The van der Waals surface area contributed by atoms with Crippen LogP contribution in [0.15, 0.2) is 42.7 Å². The van der Waals surface area contributed by atoms with Gasteiger partial charge in [0.1, 0.15) is 5.82 Å². The first-order chi connectivity index (χ1) is 12.7. The molecule has 0 aromatic carbocycles. The van der Waals surface area contributed by atoms with Gasteiger partial charge in [0, 0.05) is 24.6 Å². The molecule has 1 amide bonds. The minimum atomic E-state index is -0.326. The summed E-state index contributed by atoms with van der Waals surface area (Å²) >= 11 is 0. The van der Waals surface area contributed by atoms with Crippen molar-refractivity contribution in [2.45, 2.75) is 50.7 Å². The number of carbonyl (C=O) groups is 1. The summed E-state index contributed by atoms with van der Waals surface area (Å²) < 4.78 is 0. The molecule has 2 heterocycles. The van der Waals surface area contributed by atoms with Crippen LogP contribution in [-0.2, 0) is 6.42 Å². The minimum Gasteiger partial charge on any atom is -0.391 e. The molecule has 1 fully saturated rings. The summed E-state index contributed by atoms with van der Waals surface area (Å²) in [5.74, 6) is 0.574. The van der Waals surface area contributed by atoms with Gasteiger partial charge in [-0.25, -0.2) is 4.98 Å². The summed E-state index contributed by atoms with van der Waals surface area (Å²) in [5.41, 5.74) is 1.57. The van der Waals surface area contributed by atoms with Crippen LogP contribution in [0.2, 0.25) is 0 Å². The SMILES string of the molecule is O=C(NCCCc1ccccn1)c1ccc(N[C@@H]2CCCC[C@H]2O)nc1. The Bertz CT molecular complexity index is 691. The van der Waals surface area contributed by atoms with Crippen LogP contribution in [0.1, 0.15) is 48.2 Å². The second-order valence-electron chi connectivity index (χ2n) is 6.72. The monoisotopic (exact) mass is 354 g/mol. The molecule has 3 rings (SSSR count). The Morgan fingerprint density at radius 3 is 2.77 bits per heavy atom. The van der Waals surface area contributed by atoms with E-state index in [0.29, 0.717) is 17.9 Å². The number of aliphatic hydroxyl groups is 1. The topological polar surface area (TPSA) is 87.1 Å². The van der Waals surface area contributed by atoms with E-state index in [1.807, 2.05) is 18.2 Å². The fourth-order valence-corrected chi connectivity index (χ4v) is 3.20. The molecule has 0 unspecified atom stereocenters. The van der Waals surface area contributed by atoms with E-state index in [1.54, 1.807) is 24.5 Å². The molecule has 3 N–H and O–H groups in total. The maximum atomic E-state index is 12.2. The van der Waals surface area contributed by atoms with E-state index in [4.69, 9.17) is 0 Å². The van der Waals surface area contributed by atoms with E-state index >= 15 is 0 Å². The highest BCUT2D eigenvalue weighted by molar-refractivity contribution is 5.94. The largest absolute Gasteiger partial charge is 0.391 e. The van der Waals surface area contributed by atoms with E-state index in [-0.39, 0.29) is 18.1 Å². The number of nitrogens with one attached hydrogen (secondary N) is 2. The highest BCUT2D eigenvalue weighted by atomic mass is 16.3. The van der Waals surface area contributed by atoms with E-state index in [2.05, 4.69) is 20.6 Å². The summed E-state index contributed by atoms with van der Waals surface area (Å²) in [7, 11) is 0. The third kappa shape index (κ3) is 5.26. The number of hydrogen-bond acceptors (Lipinski definition) is 5. The molecule has 0 radical (unpaired) electrons. The normalized spacial score (nSPS) is 19.7. The fourth-order valence-electron chi connectivity index (χ4n) is 3.20. The Morgan fingerprint density at radius 2 is 2.04 bits per heavy atom. The molecule has 0 saturated heterocycles. The summed E-state index contributed by atoms with van der Waals surface area (Å²) in [6, 6.07) is 9.45. The Balaban J connectivity index is 1.43. The van der Waals surface area contributed by atoms with Crippen LogP contribution in [-0.4, -0.2) is 39.7 Å². The zero-order chi connectivity index (χ0) is 18.2. The van der Waals surface area contributed by atoms with E-state index in [0.717, 1.165) is 44.2 Å². The summed E-state index contributed by atoms with van der Waals surface area (Å²) in [5, 5.41) is 16.2. The van der Waals surface area contributed by atoms with Crippen molar-refractivity contribution in [3.8, 4) is 0 Å². The van der Waals surface area contributed by atoms with Crippen LogP contribution in [0.3, 0.4) is 0 Å². The highest BCUT2D eigenvalue weighted by Crippen LogP contribution is 2.21. The number of aliphatic hydroxyl groups excluding tert-OH is 1. The van der Waals surface area contributed by atoms with E-state index in [1.165, 1.54) is 0 Å². The van der Waals surface area contributed by atoms with Gasteiger partial charge in [-0.15, -0.1) is 0 Å². The van der Waals surface area contributed by atoms with Crippen LogP contribution in [0.5, 0.6) is 0 Å². The lowest BCUT2D eigenvalue weighted by Gasteiger charge is -2.28. The molecule has 1 aliphatic carbocycles. The molecule has 0 aliphatic heterocycles. The lowest BCUT2D eigenvalue weighted by atomic mass is 9.92. The molecule has 2 atom stereocenters. The van der Waals surface area contributed by atoms with Crippen LogP contribution in [0.25, 0.3) is 0 Å². The molecule has 138 valence electrons. The second kappa shape index (κ2) is 9.29. The molecule has 2 aromatic rings. The molecular weight excluding hydrogens is 328 g/mol. The quantitative estimate of drug-likeness (QED) is 0.665. The Kier molecular flexibility index (Phi) is 6.55. The van der Waals surface area contributed by atoms with Crippen molar-refractivity contribution in [1.29, 1.82) is 0 Å². The number of rotatable bonds is 7. The van der Waals surface area contributed by atoms with Gasteiger partial charge >= 0.3 is 0 Å². The van der Waals surface area contributed by atoms with Gasteiger partial charge < -0.3 is 15.7 Å². The van der Waals surface area contributed by atoms with Gasteiger partial charge in [-0.05, 0) is 49.9 Å². The predicted octanol–water partition coefficient (Wildman–Crippen LogP) is 2.55. The van der Waals surface area contributed by atoms with Gasteiger partial charge in [-0.2, -0.15) is 0 Å². The lowest BCUT2D eigenvalue weighted by molar-refractivity contribution is 0.0952. The lowest BCUT2D eigenvalue weighted by Crippen LogP contribution is -2.36. The van der Waals surface area contributed by atoms with Crippen LogP contribution in [0, 0.1) is 0 Å². The molecule has 0 spiro atoms. The molecule has 6 heteroatoms. The van der Waals surface area contributed by atoms with Crippen LogP contribution < -0.4 is 10.6 Å². The van der Waals surface area contributed by atoms with Crippen LogP contribution >= 0.6 is 0 Å². The number of amides is 1. The molecule has 26 heavy (non-hydrogen) atoms. The van der Waals surface area contributed by atoms with Gasteiger partial charge in [0.25, 0.3) is 5.91 Å². The van der Waals surface area contributed by atoms with Gasteiger partial charge in [0.05, 0.1) is 17.7 Å². The number of aryl methyl sites for hydroxylation is 1. The Morgan fingerprint density at radius 1 is 1.15 bits per heavy atom. The van der Waals surface area contributed by atoms with Gasteiger partial charge in [-0.3, -0.25) is 9.78 Å². The molecule has 1 aliphatic rings. The molecule has 6 nitrogen and oxygen atoms in total. The number of hydrogen-bond donors (Lipinski definition) is 3. The van der Waals surface area contributed by atoms with Gasteiger partial charge in [-0.1, -0.05) is 18.9 Å². The molecule has 0 bridgehead atoms. The van der Waals surface area contributed by atoms with Crippen molar-refractivity contribution in [1.82, 2.24) is 15.3 Å². The van der Waals surface area contributed by atoms with E-state index in [9.17, 15) is 9.90 Å². The fraction of sp³-hybridized carbons (Fsp3) is 0.450. The van der Waals surface area contributed by atoms with Crippen LogP contribution in [0.4, 0.5) is 5.82 Å². The number of carbonyl (C=O) groups excluding carboxylic acids is 1. The van der Waals surface area contributed by atoms with Gasteiger partial charge in [0.2, 0.25) is 0 Å². The van der Waals surface area contributed by atoms with Crippen molar-refractivity contribution < 1.29 is 9.90 Å². The number of aromatic nitrogens is 2. The third-order valence-corrected chi connectivity index (χ3v) is 4.71. The zero-order valence-corrected chi connectivity index (χ0v) is 14.9. The predicted molar refractivity (Wildman–Crippen MR) is 101 cm³/mol. The van der Waals surface area contributed by atoms with Crippen molar-refractivity contribution in [3.63, 3.8) is 0 Å². The third-order valence-electron chi connectivity index (χ3n) is 4.71. The number of pyridine rings is 2. The standard InChI is InChI=1S/C20H26N4O2/c25-18-9-2-1-8-17(18)24-19-11-10-15(14-23-19)20(26)22-13-5-7-16-6-3-4-12-21-16/h3-4,6,10-12,14,17-18,25H,1-2,5,7-9,13H2,(H,22,26)(H,23,24)/t17-,18-/m1/s1. The first-order valence-corrected chi connectivity index (χ1v) is 9.31. The van der Waals surface area contributed by atoms with Crippen molar-refractivity contribution in [3.05, 3.63) is 54.0 Å². The summed E-state index contributed by atoms with van der Waals surface area (Å²) in [4.78, 5) is 20.8. The Labute approximate surface area is 154 Å². The Hall–Kier alpha value is -2.47. The minimum absolute atomic E-state index is 0.0440. The summed E-state index contributed by atoms with van der Waals surface area (Å²) in [6.45, 7) is 0.601. The average Bonchev–Trinajstić information content (AvgIpc) is 2.68. The molecular formula is C20H26N4O2. The zero-order valence-electron chi connectivity index (χ0n) is 14.9. The smallest absolute Gasteiger partial charge is 0.252 e. The molecule has 2 aromatic heterocycles. The number of nitrogens with zero attached hydrogens (tertiary/aromatic N) is 2. The maximum Gasteiger partial charge on any atom is 0.252 e. The maximum absolute atomic E-state index is 12.2.